The van der Waals surface area contributed by atoms with Gasteiger partial charge >= 0.3 is 0 Å². The molecular weight excluding hydrogens is 336 g/mol. The van der Waals surface area contributed by atoms with Gasteiger partial charge in [-0.3, -0.25) is 9.89 Å². The van der Waals surface area contributed by atoms with Crippen LogP contribution in [0, 0.1) is 11.3 Å². The van der Waals surface area contributed by atoms with Crippen molar-refractivity contribution in [1.82, 2.24) is 10.2 Å². The molecule has 2 aliphatic rings. The van der Waals surface area contributed by atoms with Gasteiger partial charge in [-0.2, -0.15) is 5.26 Å². The summed E-state index contributed by atoms with van der Waals surface area (Å²) in [4.78, 5) is 7.02. The van der Waals surface area contributed by atoms with E-state index in [2.05, 4.69) is 28.4 Å². The molecule has 2 heterocycles. The molecule has 138 valence electrons. The Kier molecular flexibility index (Phi) is 4.93. The monoisotopic (exact) mass is 360 g/mol. The Hall–Kier alpha value is -2.68. The summed E-state index contributed by atoms with van der Waals surface area (Å²) in [6.45, 7) is 3.10. The second-order valence-electron chi connectivity index (χ2n) is 7.13. The Labute approximate surface area is 160 Å². The van der Waals surface area contributed by atoms with E-state index in [-0.39, 0.29) is 6.04 Å². The maximum Gasteiger partial charge on any atom is 0.137 e. The molecule has 0 saturated carbocycles. The summed E-state index contributed by atoms with van der Waals surface area (Å²) >= 11 is 0. The molecule has 2 aromatic carbocycles. The van der Waals surface area contributed by atoms with E-state index in [9.17, 15) is 5.26 Å². The van der Waals surface area contributed by atoms with Crippen LogP contribution in [0.15, 0.2) is 59.6 Å². The van der Waals surface area contributed by atoms with Gasteiger partial charge in [0.25, 0.3) is 0 Å². The van der Waals surface area contributed by atoms with Crippen LogP contribution >= 0.6 is 0 Å². The molecule has 0 aliphatic carbocycles. The van der Waals surface area contributed by atoms with Crippen LogP contribution in [0.3, 0.4) is 0 Å². The molecule has 0 aromatic heterocycles. The van der Waals surface area contributed by atoms with Crippen LogP contribution < -0.4 is 10.1 Å². The van der Waals surface area contributed by atoms with Crippen molar-refractivity contribution >= 4 is 5.71 Å². The number of aliphatic imine (C=N–C) groups is 1. The van der Waals surface area contributed by atoms with E-state index in [0.717, 1.165) is 30.1 Å². The van der Waals surface area contributed by atoms with Crippen molar-refractivity contribution in [1.29, 1.82) is 5.26 Å². The zero-order valence-corrected chi connectivity index (χ0v) is 15.6. The minimum Gasteiger partial charge on any atom is -0.497 e. The van der Waals surface area contributed by atoms with Crippen molar-refractivity contribution in [2.24, 2.45) is 4.99 Å². The Morgan fingerprint density at radius 3 is 2.70 bits per heavy atom. The van der Waals surface area contributed by atoms with Crippen molar-refractivity contribution < 1.29 is 4.74 Å². The summed E-state index contributed by atoms with van der Waals surface area (Å²) < 4.78 is 5.30. The molecule has 5 heteroatoms. The summed E-state index contributed by atoms with van der Waals surface area (Å²) in [6, 6.07) is 21.1. The minimum absolute atomic E-state index is 0.160. The molecule has 2 atom stereocenters. The SMILES string of the molecule is COc1ccc([C@@]2(C#N)C[C@H]3NCCN=C3CN2Cc2ccccc2)cc1. The third kappa shape index (κ3) is 3.34. The fourth-order valence-corrected chi connectivity index (χ4v) is 4.11. The van der Waals surface area contributed by atoms with Crippen molar-refractivity contribution in [2.45, 2.75) is 24.5 Å². The van der Waals surface area contributed by atoms with E-state index < -0.39 is 5.54 Å². The van der Waals surface area contributed by atoms with E-state index >= 15 is 0 Å². The lowest BCUT2D eigenvalue weighted by atomic mass is 9.78. The zero-order chi connectivity index (χ0) is 18.7. The largest absolute Gasteiger partial charge is 0.497 e. The number of fused-ring (bicyclic) bond motifs is 1. The first-order valence-electron chi connectivity index (χ1n) is 9.36. The van der Waals surface area contributed by atoms with Crippen molar-refractivity contribution in [3.63, 3.8) is 0 Å². The summed E-state index contributed by atoms with van der Waals surface area (Å²) in [5.41, 5.74) is 2.68. The highest BCUT2D eigenvalue weighted by atomic mass is 16.5. The predicted octanol–water partition coefficient (Wildman–Crippen LogP) is 2.73. The number of benzene rings is 2. The number of nitrogens with zero attached hydrogens (tertiary/aromatic N) is 3. The maximum atomic E-state index is 10.4. The molecule has 27 heavy (non-hydrogen) atoms. The third-order valence-corrected chi connectivity index (χ3v) is 5.58. The quantitative estimate of drug-likeness (QED) is 0.911. The number of methoxy groups -OCH3 is 1. The number of likely N-dealkylation sites (tertiary alicyclic amines) is 1. The number of hydrogen-bond donors (Lipinski definition) is 1. The summed E-state index contributed by atoms with van der Waals surface area (Å²) in [6.07, 6.45) is 0.696. The van der Waals surface area contributed by atoms with Crippen LogP contribution in [0.5, 0.6) is 5.75 Å². The fourth-order valence-electron chi connectivity index (χ4n) is 4.11. The highest BCUT2D eigenvalue weighted by Gasteiger charge is 2.47. The lowest BCUT2D eigenvalue weighted by Crippen LogP contribution is -2.61. The Balaban J connectivity index is 1.75. The Bertz CT molecular complexity index is 856. The normalized spacial score (nSPS) is 25.2. The van der Waals surface area contributed by atoms with Gasteiger partial charge in [0.2, 0.25) is 0 Å². The van der Waals surface area contributed by atoms with Crippen LogP contribution in [-0.2, 0) is 12.1 Å². The van der Waals surface area contributed by atoms with E-state index in [1.807, 2.05) is 42.5 Å². The minimum atomic E-state index is -0.698. The van der Waals surface area contributed by atoms with E-state index in [4.69, 9.17) is 9.73 Å². The van der Waals surface area contributed by atoms with Crippen LogP contribution in [0.4, 0.5) is 0 Å². The lowest BCUT2D eigenvalue weighted by Gasteiger charge is -2.47. The summed E-state index contributed by atoms with van der Waals surface area (Å²) in [7, 11) is 1.66. The number of nitrogens with one attached hydrogen (secondary N) is 1. The number of ether oxygens (including phenoxy) is 1. The van der Waals surface area contributed by atoms with Crippen molar-refractivity contribution in [2.75, 3.05) is 26.7 Å². The first-order chi connectivity index (χ1) is 13.2. The highest BCUT2D eigenvalue weighted by molar-refractivity contribution is 5.93. The van der Waals surface area contributed by atoms with Gasteiger partial charge in [0.15, 0.2) is 0 Å². The fraction of sp³-hybridized carbons (Fsp3) is 0.364. The zero-order valence-electron chi connectivity index (χ0n) is 15.6. The molecule has 0 spiro atoms. The van der Waals surface area contributed by atoms with Crippen molar-refractivity contribution in [3.05, 3.63) is 65.7 Å². The molecule has 1 saturated heterocycles. The standard InChI is InChI=1S/C22H24N4O/c1-27-19-9-7-18(8-10-19)22(16-23)13-20-21(25-12-11-24-20)15-26(22)14-17-5-3-2-4-6-17/h2-10,20,24H,11-15H2,1H3/t20-,22+/m1/s1. The second kappa shape index (κ2) is 7.51. The predicted molar refractivity (Wildman–Crippen MR) is 106 cm³/mol. The first kappa shape index (κ1) is 17.7. The van der Waals surface area contributed by atoms with E-state index in [1.54, 1.807) is 7.11 Å². The third-order valence-electron chi connectivity index (χ3n) is 5.58. The van der Waals surface area contributed by atoms with Crippen LogP contribution in [0.1, 0.15) is 17.5 Å². The second-order valence-corrected chi connectivity index (χ2v) is 7.13. The number of nitriles is 1. The molecule has 0 amide bonds. The highest BCUT2D eigenvalue weighted by Crippen LogP contribution is 2.39. The van der Waals surface area contributed by atoms with Crippen LogP contribution in [0.25, 0.3) is 0 Å². The summed E-state index contributed by atoms with van der Waals surface area (Å²) in [5.74, 6) is 0.801. The molecule has 0 radical (unpaired) electrons. The average Bonchev–Trinajstić information content (AvgIpc) is 2.74. The lowest BCUT2D eigenvalue weighted by molar-refractivity contribution is 0.113. The summed E-state index contributed by atoms with van der Waals surface area (Å²) in [5, 5.41) is 13.9. The van der Waals surface area contributed by atoms with Gasteiger partial charge in [0.05, 0.1) is 19.7 Å². The van der Waals surface area contributed by atoms with Gasteiger partial charge in [-0.05, 0) is 23.3 Å². The molecule has 0 bridgehead atoms. The van der Waals surface area contributed by atoms with Gasteiger partial charge in [0.1, 0.15) is 11.3 Å². The van der Waals surface area contributed by atoms with Crippen LogP contribution in [-0.4, -0.2) is 43.4 Å². The maximum absolute atomic E-state index is 10.4. The number of hydrogen-bond acceptors (Lipinski definition) is 5. The molecule has 4 rings (SSSR count). The molecule has 0 unspecified atom stereocenters. The van der Waals surface area contributed by atoms with E-state index in [1.165, 1.54) is 5.56 Å². The topological polar surface area (TPSA) is 60.6 Å². The molecular formula is C22H24N4O. The van der Waals surface area contributed by atoms with Crippen LogP contribution in [0.2, 0.25) is 0 Å². The Morgan fingerprint density at radius 2 is 2.00 bits per heavy atom. The van der Waals surface area contributed by atoms with Gasteiger partial charge in [-0.15, -0.1) is 0 Å². The van der Waals surface area contributed by atoms with Gasteiger partial charge in [-0.25, -0.2) is 0 Å². The number of rotatable bonds is 4. The molecule has 1 fully saturated rings. The first-order valence-corrected chi connectivity index (χ1v) is 9.36. The van der Waals surface area contributed by atoms with Gasteiger partial charge in [-0.1, -0.05) is 42.5 Å². The van der Waals surface area contributed by atoms with Gasteiger partial charge in [0, 0.05) is 37.8 Å². The van der Waals surface area contributed by atoms with Gasteiger partial charge < -0.3 is 10.1 Å². The molecule has 5 nitrogen and oxygen atoms in total. The average molecular weight is 360 g/mol. The smallest absolute Gasteiger partial charge is 0.137 e. The molecule has 2 aromatic rings. The van der Waals surface area contributed by atoms with E-state index in [0.29, 0.717) is 19.5 Å². The van der Waals surface area contributed by atoms with Crippen molar-refractivity contribution in [3.8, 4) is 11.8 Å². The Morgan fingerprint density at radius 1 is 1.22 bits per heavy atom. The molecule has 1 N–H and O–H groups in total. The number of piperidine rings is 1. The molecule has 2 aliphatic heterocycles.